The van der Waals surface area contributed by atoms with Crippen LogP contribution in [0.15, 0.2) is 60.9 Å². The van der Waals surface area contributed by atoms with Crippen LogP contribution < -0.4 is 9.64 Å². The number of likely N-dealkylation sites (tertiary alicyclic amines) is 1. The van der Waals surface area contributed by atoms with Crippen LogP contribution in [-0.4, -0.2) is 63.9 Å². The van der Waals surface area contributed by atoms with Gasteiger partial charge in [-0.3, -0.25) is 14.5 Å². The number of halogens is 1. The number of benzene rings is 2. The molecule has 8 heteroatoms. The summed E-state index contributed by atoms with van der Waals surface area (Å²) in [6, 6.07) is 14.4. The average molecular weight is 506 g/mol. The number of aryl methyl sites for hydroxylation is 1. The Labute approximate surface area is 218 Å². The number of aromatic nitrogens is 2. The van der Waals surface area contributed by atoms with Crippen LogP contribution in [0.5, 0.6) is 5.75 Å². The Morgan fingerprint density at radius 3 is 2.70 bits per heavy atom. The second-order valence-electron chi connectivity index (χ2n) is 10.5. The zero-order valence-corrected chi connectivity index (χ0v) is 22.1. The van der Waals surface area contributed by atoms with Crippen LogP contribution in [0.2, 0.25) is 0 Å². The molecule has 2 fully saturated rings. The van der Waals surface area contributed by atoms with E-state index in [9.17, 15) is 9.18 Å². The molecule has 0 unspecified atom stereocenters. The molecule has 5 rings (SSSR count). The predicted molar refractivity (Wildman–Crippen MR) is 142 cm³/mol. The van der Waals surface area contributed by atoms with E-state index in [0.29, 0.717) is 18.8 Å². The topological polar surface area (TPSA) is 53.8 Å². The molecule has 0 saturated carbocycles. The van der Waals surface area contributed by atoms with Crippen molar-refractivity contribution in [1.82, 2.24) is 19.6 Å². The molecule has 1 aromatic heterocycles. The molecule has 2 aliphatic rings. The maximum atomic E-state index is 14.5. The van der Waals surface area contributed by atoms with Gasteiger partial charge in [-0.2, -0.15) is 5.10 Å². The minimum absolute atomic E-state index is 0.0163. The van der Waals surface area contributed by atoms with Crippen LogP contribution in [0.1, 0.15) is 44.2 Å². The third kappa shape index (κ3) is 4.59. The smallest absolute Gasteiger partial charge is 0.325 e. The van der Waals surface area contributed by atoms with Crippen molar-refractivity contribution in [3.63, 3.8) is 0 Å². The van der Waals surface area contributed by atoms with Gasteiger partial charge in [-0.1, -0.05) is 31.2 Å². The zero-order valence-electron chi connectivity index (χ0n) is 22.1. The summed E-state index contributed by atoms with van der Waals surface area (Å²) in [5, 5.41) is 4.52. The fraction of sp³-hybridized carbons (Fsp3) is 0.448. The molecule has 0 radical (unpaired) electrons. The predicted octanol–water partition coefficient (Wildman–Crippen LogP) is 5.13. The highest BCUT2D eigenvalue weighted by Gasteiger charge is 2.60. The number of anilines is 1. The average Bonchev–Trinajstić information content (AvgIpc) is 3.55. The molecular weight excluding hydrogens is 469 g/mol. The Hall–Kier alpha value is -3.39. The van der Waals surface area contributed by atoms with Crippen LogP contribution in [0.3, 0.4) is 0 Å². The molecule has 3 aromatic rings. The number of rotatable bonds is 8. The Bertz CT molecular complexity index is 1260. The first-order valence-corrected chi connectivity index (χ1v) is 13.1. The van der Waals surface area contributed by atoms with Crippen LogP contribution in [-0.2, 0) is 13.1 Å². The lowest BCUT2D eigenvalue weighted by molar-refractivity contribution is 0.205. The first kappa shape index (κ1) is 25.3. The summed E-state index contributed by atoms with van der Waals surface area (Å²) >= 11 is 0. The summed E-state index contributed by atoms with van der Waals surface area (Å²) in [4.78, 5) is 20.1. The zero-order chi connectivity index (χ0) is 26.2. The maximum absolute atomic E-state index is 14.5. The summed E-state index contributed by atoms with van der Waals surface area (Å²) in [5.41, 5.74) is 2.20. The number of hydrogen-bond acceptors (Lipinski definition) is 4. The lowest BCUT2D eigenvalue weighted by atomic mass is 9.80. The van der Waals surface area contributed by atoms with Gasteiger partial charge in [-0.15, -0.1) is 0 Å². The first-order chi connectivity index (χ1) is 17.9. The number of urea groups is 1. The minimum atomic E-state index is -0.594. The number of hydrogen-bond donors (Lipinski definition) is 0. The summed E-state index contributed by atoms with van der Waals surface area (Å²) in [7, 11) is 1.69. The second kappa shape index (κ2) is 10.2. The fourth-order valence-electron chi connectivity index (χ4n) is 6.08. The number of methoxy groups -OCH3 is 1. The molecule has 2 atom stereocenters. The maximum Gasteiger partial charge on any atom is 0.325 e. The Morgan fingerprint density at radius 1 is 1.16 bits per heavy atom. The van der Waals surface area contributed by atoms with Crippen molar-refractivity contribution in [3.8, 4) is 5.75 Å². The molecule has 196 valence electrons. The fourth-order valence-corrected chi connectivity index (χ4v) is 6.08. The van der Waals surface area contributed by atoms with Crippen LogP contribution in [0, 0.1) is 5.82 Å². The monoisotopic (exact) mass is 505 g/mol. The summed E-state index contributed by atoms with van der Waals surface area (Å²) < 4.78 is 22.2. The van der Waals surface area contributed by atoms with Crippen molar-refractivity contribution in [1.29, 1.82) is 0 Å². The van der Waals surface area contributed by atoms with Crippen LogP contribution >= 0.6 is 0 Å². The van der Waals surface area contributed by atoms with Crippen molar-refractivity contribution in [2.45, 2.75) is 57.8 Å². The van der Waals surface area contributed by atoms with Crippen LogP contribution in [0.25, 0.3) is 0 Å². The normalized spacial score (nSPS) is 22.1. The Kier molecular flexibility index (Phi) is 6.94. The highest BCUT2D eigenvalue weighted by molar-refractivity contribution is 5.97. The minimum Gasteiger partial charge on any atom is -0.496 e. The van der Waals surface area contributed by atoms with Gasteiger partial charge in [0.15, 0.2) is 0 Å². The van der Waals surface area contributed by atoms with E-state index in [1.807, 2.05) is 58.8 Å². The van der Waals surface area contributed by atoms with Gasteiger partial charge in [0.25, 0.3) is 0 Å². The lowest BCUT2D eigenvalue weighted by Crippen LogP contribution is -2.53. The molecular formula is C29H36FN5O2. The number of amides is 2. The number of ether oxygens (including phenoxy) is 1. The van der Waals surface area contributed by atoms with Gasteiger partial charge in [0, 0.05) is 67.7 Å². The number of nitrogens with zero attached hydrogens (tertiary/aromatic N) is 5. The second-order valence-corrected chi connectivity index (χ2v) is 10.5. The van der Waals surface area contributed by atoms with Gasteiger partial charge in [0.2, 0.25) is 0 Å². The van der Waals surface area contributed by atoms with Gasteiger partial charge in [-0.05, 0) is 44.5 Å². The third-order valence-electron chi connectivity index (χ3n) is 7.66. The summed E-state index contributed by atoms with van der Waals surface area (Å²) in [6.45, 7) is 9.77. The highest BCUT2D eigenvalue weighted by atomic mass is 19.1. The molecule has 7 nitrogen and oxygen atoms in total. The van der Waals surface area contributed by atoms with E-state index < -0.39 is 5.54 Å². The van der Waals surface area contributed by atoms with Crippen molar-refractivity contribution >= 4 is 11.7 Å². The summed E-state index contributed by atoms with van der Waals surface area (Å²) in [5.74, 6) is 0.417. The van der Waals surface area contributed by atoms with Crippen molar-refractivity contribution < 1.29 is 13.9 Å². The van der Waals surface area contributed by atoms with Crippen molar-refractivity contribution in [2.75, 3.05) is 31.6 Å². The van der Waals surface area contributed by atoms with E-state index in [4.69, 9.17) is 4.74 Å². The van der Waals surface area contributed by atoms with Crippen LogP contribution in [0.4, 0.5) is 14.9 Å². The largest absolute Gasteiger partial charge is 0.496 e. The quantitative estimate of drug-likeness (QED) is 0.426. The molecule has 2 aromatic carbocycles. The number of carbonyl (C=O) groups is 1. The number of para-hydroxylation sites is 1. The molecule has 1 spiro atoms. The van der Waals surface area contributed by atoms with Crippen molar-refractivity contribution in [2.24, 2.45) is 0 Å². The van der Waals surface area contributed by atoms with E-state index >= 15 is 0 Å². The molecule has 0 N–H and O–H groups in total. The summed E-state index contributed by atoms with van der Waals surface area (Å²) in [6.07, 6.45) is 5.07. The van der Waals surface area contributed by atoms with Gasteiger partial charge >= 0.3 is 6.03 Å². The third-order valence-corrected chi connectivity index (χ3v) is 7.66. The Morgan fingerprint density at radius 2 is 1.97 bits per heavy atom. The first-order valence-electron chi connectivity index (χ1n) is 13.1. The standard InChI is InChI=1S/C29H36FN5O2/c1-5-13-33-17-22(15-31-33)16-32-18-26(25-11-6-7-12-27(25)37-4)29(19-32)20-34(21(2)3)28(36)35(29)24-10-8-9-23(30)14-24/h6-12,14-15,17,21,26H,5,13,16,18-20H2,1-4H3/t26-,29-/m1/s1. The lowest BCUT2D eigenvalue weighted by Gasteiger charge is -2.38. The van der Waals surface area contributed by atoms with Gasteiger partial charge < -0.3 is 9.64 Å². The van der Waals surface area contributed by atoms with Gasteiger partial charge in [-0.25, -0.2) is 9.18 Å². The van der Waals surface area contributed by atoms with E-state index in [1.165, 1.54) is 12.1 Å². The molecule has 2 saturated heterocycles. The van der Waals surface area contributed by atoms with Gasteiger partial charge in [0.05, 0.1) is 18.8 Å². The molecule has 3 heterocycles. The molecule has 37 heavy (non-hydrogen) atoms. The molecule has 0 aliphatic carbocycles. The SMILES string of the molecule is CCCn1cc(CN2C[C@H](c3ccccc3OC)[C@@]3(C2)CN(C(C)C)C(=O)N3c2cccc(F)c2)cn1. The van der Waals surface area contributed by atoms with E-state index in [1.54, 1.807) is 13.2 Å². The highest BCUT2D eigenvalue weighted by Crippen LogP contribution is 2.49. The molecule has 0 bridgehead atoms. The van der Waals surface area contributed by atoms with E-state index in [2.05, 4.69) is 29.2 Å². The Balaban J connectivity index is 1.60. The van der Waals surface area contributed by atoms with E-state index in [0.717, 1.165) is 42.9 Å². The van der Waals surface area contributed by atoms with E-state index in [-0.39, 0.29) is 23.8 Å². The van der Waals surface area contributed by atoms with Gasteiger partial charge in [0.1, 0.15) is 11.6 Å². The molecule has 2 aliphatic heterocycles. The van der Waals surface area contributed by atoms with Crippen molar-refractivity contribution in [3.05, 3.63) is 77.9 Å². The molecule has 2 amide bonds. The number of carbonyl (C=O) groups excluding carboxylic acids is 1.